The van der Waals surface area contributed by atoms with Gasteiger partial charge in [0, 0.05) is 44.3 Å². The quantitative estimate of drug-likeness (QED) is 0.923. The van der Waals surface area contributed by atoms with Crippen molar-refractivity contribution < 1.29 is 0 Å². The van der Waals surface area contributed by atoms with E-state index in [4.69, 9.17) is 0 Å². The van der Waals surface area contributed by atoms with Gasteiger partial charge in [0.25, 0.3) is 0 Å². The molecule has 0 bridgehead atoms. The second kappa shape index (κ2) is 5.63. The molecule has 1 aliphatic heterocycles. The maximum Gasteiger partial charge on any atom is 0.0397 e. The van der Waals surface area contributed by atoms with Crippen LogP contribution in [0.1, 0.15) is 29.7 Å². The summed E-state index contributed by atoms with van der Waals surface area (Å²) in [6.07, 6.45) is 4.86. The van der Waals surface area contributed by atoms with E-state index in [1.165, 1.54) is 28.8 Å². The van der Waals surface area contributed by atoms with Crippen LogP contribution >= 0.6 is 0 Å². The minimum atomic E-state index is 0.342. The van der Waals surface area contributed by atoms with E-state index >= 15 is 0 Å². The van der Waals surface area contributed by atoms with Crippen LogP contribution in [-0.2, 0) is 13.0 Å². The summed E-state index contributed by atoms with van der Waals surface area (Å²) in [5.41, 5.74) is 5.50. The molecule has 104 valence electrons. The molecule has 0 aliphatic carbocycles. The Labute approximate surface area is 120 Å². The first kappa shape index (κ1) is 13.1. The lowest BCUT2D eigenvalue weighted by Gasteiger charge is -2.15. The van der Waals surface area contributed by atoms with Crippen molar-refractivity contribution in [2.24, 2.45) is 0 Å². The van der Waals surface area contributed by atoms with E-state index in [1.54, 1.807) is 0 Å². The summed E-state index contributed by atoms with van der Waals surface area (Å²) >= 11 is 0. The van der Waals surface area contributed by atoms with Crippen LogP contribution in [0.15, 0.2) is 42.7 Å². The Morgan fingerprint density at radius 3 is 2.85 bits per heavy atom. The van der Waals surface area contributed by atoms with Crippen molar-refractivity contribution in [3.05, 3.63) is 59.4 Å². The average Bonchev–Trinajstić information content (AvgIpc) is 2.87. The van der Waals surface area contributed by atoms with Crippen molar-refractivity contribution in [2.75, 3.05) is 18.5 Å². The minimum absolute atomic E-state index is 0.342. The zero-order valence-corrected chi connectivity index (χ0v) is 12.1. The fourth-order valence-electron chi connectivity index (χ4n) is 2.77. The second-order valence-corrected chi connectivity index (χ2v) is 5.52. The third kappa shape index (κ3) is 2.68. The summed E-state index contributed by atoms with van der Waals surface area (Å²) < 4.78 is 0. The molecule has 0 amide bonds. The number of hydrogen-bond donors (Lipinski definition) is 1. The molecule has 0 saturated carbocycles. The fraction of sp³-hybridized carbons (Fsp3) is 0.353. The van der Waals surface area contributed by atoms with Gasteiger partial charge in [-0.25, -0.2) is 0 Å². The highest BCUT2D eigenvalue weighted by Gasteiger charge is 2.15. The van der Waals surface area contributed by atoms with E-state index in [9.17, 15) is 0 Å². The van der Waals surface area contributed by atoms with E-state index in [2.05, 4.69) is 59.5 Å². The summed E-state index contributed by atoms with van der Waals surface area (Å²) in [6.45, 7) is 4.23. The number of anilines is 1. The summed E-state index contributed by atoms with van der Waals surface area (Å²) in [5.74, 6) is 0. The van der Waals surface area contributed by atoms with Gasteiger partial charge in [0.15, 0.2) is 0 Å². The Hall–Kier alpha value is -1.87. The second-order valence-electron chi connectivity index (χ2n) is 5.52. The normalized spacial score (nSPS) is 15.2. The van der Waals surface area contributed by atoms with Crippen molar-refractivity contribution >= 4 is 5.69 Å². The molecule has 0 spiro atoms. The SMILES string of the molecule is CC(NCc1ccc2c(c1)CCN2C)c1ccncc1. The molecule has 1 unspecified atom stereocenters. The van der Waals surface area contributed by atoms with Gasteiger partial charge in [-0.1, -0.05) is 12.1 Å². The Morgan fingerprint density at radius 2 is 2.05 bits per heavy atom. The van der Waals surface area contributed by atoms with E-state index in [1.807, 2.05) is 12.4 Å². The van der Waals surface area contributed by atoms with E-state index in [0.29, 0.717) is 6.04 Å². The van der Waals surface area contributed by atoms with Crippen LogP contribution in [0.25, 0.3) is 0 Å². The molecule has 2 aromatic rings. The average molecular weight is 267 g/mol. The number of aromatic nitrogens is 1. The first-order chi connectivity index (χ1) is 9.74. The molecule has 2 heterocycles. The molecule has 1 aromatic carbocycles. The molecule has 3 rings (SSSR count). The number of benzene rings is 1. The van der Waals surface area contributed by atoms with Crippen LogP contribution in [0.4, 0.5) is 5.69 Å². The number of pyridine rings is 1. The van der Waals surface area contributed by atoms with Gasteiger partial charge in [-0.15, -0.1) is 0 Å². The molecule has 1 aromatic heterocycles. The van der Waals surface area contributed by atoms with Gasteiger partial charge < -0.3 is 10.2 Å². The first-order valence-corrected chi connectivity index (χ1v) is 7.20. The van der Waals surface area contributed by atoms with Crippen molar-refractivity contribution in [3.63, 3.8) is 0 Å². The Morgan fingerprint density at radius 1 is 1.25 bits per heavy atom. The third-order valence-electron chi connectivity index (χ3n) is 4.09. The van der Waals surface area contributed by atoms with E-state index in [0.717, 1.165) is 13.1 Å². The lowest BCUT2D eigenvalue weighted by atomic mass is 10.1. The maximum absolute atomic E-state index is 4.06. The largest absolute Gasteiger partial charge is 0.374 e. The topological polar surface area (TPSA) is 28.2 Å². The number of hydrogen-bond acceptors (Lipinski definition) is 3. The van der Waals surface area contributed by atoms with Gasteiger partial charge in [-0.3, -0.25) is 4.98 Å². The van der Waals surface area contributed by atoms with Gasteiger partial charge in [0.2, 0.25) is 0 Å². The Balaban J connectivity index is 1.64. The number of likely N-dealkylation sites (N-methyl/N-ethyl adjacent to an activating group) is 1. The van der Waals surface area contributed by atoms with Crippen molar-refractivity contribution in [3.8, 4) is 0 Å². The lowest BCUT2D eigenvalue weighted by Crippen LogP contribution is -2.18. The monoisotopic (exact) mass is 267 g/mol. The van der Waals surface area contributed by atoms with E-state index in [-0.39, 0.29) is 0 Å². The van der Waals surface area contributed by atoms with Crippen LogP contribution in [-0.4, -0.2) is 18.6 Å². The molecule has 3 heteroatoms. The number of rotatable bonds is 4. The zero-order valence-electron chi connectivity index (χ0n) is 12.1. The smallest absolute Gasteiger partial charge is 0.0397 e. The highest BCUT2D eigenvalue weighted by atomic mass is 15.1. The van der Waals surface area contributed by atoms with Crippen molar-refractivity contribution in [2.45, 2.75) is 25.9 Å². The maximum atomic E-state index is 4.06. The molecule has 0 fully saturated rings. The van der Waals surface area contributed by atoms with Crippen LogP contribution in [0, 0.1) is 0 Å². The first-order valence-electron chi connectivity index (χ1n) is 7.20. The van der Waals surface area contributed by atoms with Gasteiger partial charge in [-0.2, -0.15) is 0 Å². The standard InChI is InChI=1S/C17H21N3/c1-13(15-5-8-18-9-6-15)19-12-14-3-4-17-16(11-14)7-10-20(17)2/h3-6,8-9,11,13,19H,7,10,12H2,1-2H3. The predicted octanol–water partition coefficient (Wildman–Crippen LogP) is 2.92. The molecule has 3 nitrogen and oxygen atoms in total. The molecular formula is C17H21N3. The number of fused-ring (bicyclic) bond motifs is 1. The van der Waals surface area contributed by atoms with Gasteiger partial charge >= 0.3 is 0 Å². The van der Waals surface area contributed by atoms with Crippen molar-refractivity contribution in [1.29, 1.82) is 0 Å². The van der Waals surface area contributed by atoms with Gasteiger partial charge in [0.05, 0.1) is 0 Å². The van der Waals surface area contributed by atoms with Crippen LogP contribution in [0.3, 0.4) is 0 Å². The summed E-state index contributed by atoms with van der Waals surface area (Å²) in [6, 6.07) is 11.3. The predicted molar refractivity (Wildman–Crippen MR) is 82.9 cm³/mol. The third-order valence-corrected chi connectivity index (χ3v) is 4.09. The fourth-order valence-corrected chi connectivity index (χ4v) is 2.77. The number of nitrogens with zero attached hydrogens (tertiary/aromatic N) is 2. The van der Waals surface area contributed by atoms with Crippen LogP contribution in [0.2, 0.25) is 0 Å². The molecule has 0 radical (unpaired) electrons. The minimum Gasteiger partial charge on any atom is -0.374 e. The highest BCUT2D eigenvalue weighted by molar-refractivity contribution is 5.58. The van der Waals surface area contributed by atoms with E-state index < -0.39 is 0 Å². The van der Waals surface area contributed by atoms with Crippen molar-refractivity contribution in [1.82, 2.24) is 10.3 Å². The summed E-state index contributed by atoms with van der Waals surface area (Å²) in [7, 11) is 2.16. The Bertz CT molecular complexity index is 580. The highest BCUT2D eigenvalue weighted by Crippen LogP contribution is 2.27. The molecule has 1 N–H and O–H groups in total. The zero-order chi connectivity index (χ0) is 13.9. The van der Waals surface area contributed by atoms with Crippen LogP contribution < -0.4 is 10.2 Å². The van der Waals surface area contributed by atoms with Gasteiger partial charge in [0.1, 0.15) is 0 Å². The summed E-state index contributed by atoms with van der Waals surface area (Å²) in [5, 5.41) is 3.58. The molecule has 0 saturated heterocycles. The molecule has 1 atom stereocenters. The van der Waals surface area contributed by atoms with Crippen LogP contribution in [0.5, 0.6) is 0 Å². The van der Waals surface area contributed by atoms with Gasteiger partial charge in [-0.05, 0) is 48.2 Å². The lowest BCUT2D eigenvalue weighted by molar-refractivity contribution is 0.574. The molecular weight excluding hydrogens is 246 g/mol. The Kier molecular flexibility index (Phi) is 3.70. The molecule has 1 aliphatic rings. The number of nitrogens with one attached hydrogen (secondary N) is 1. The molecule has 20 heavy (non-hydrogen) atoms. The summed E-state index contributed by atoms with van der Waals surface area (Å²) in [4.78, 5) is 6.39.